The monoisotopic (exact) mass is 387 g/mol. The van der Waals surface area contributed by atoms with E-state index in [1.54, 1.807) is 36.4 Å². The van der Waals surface area contributed by atoms with Gasteiger partial charge < -0.3 is 9.73 Å². The number of rotatable bonds is 5. The van der Waals surface area contributed by atoms with Gasteiger partial charge in [-0.1, -0.05) is 24.3 Å². The van der Waals surface area contributed by atoms with Crippen molar-refractivity contribution in [2.75, 3.05) is 5.32 Å². The van der Waals surface area contributed by atoms with E-state index in [2.05, 4.69) is 5.32 Å². The normalized spacial score (nSPS) is 11.0. The topological polar surface area (TPSA) is 109 Å². The zero-order valence-electron chi connectivity index (χ0n) is 15.8. The molecule has 3 rings (SSSR count). The zero-order valence-corrected chi connectivity index (χ0v) is 15.8. The number of carbonyl (C=O) groups excluding carboxylic acids is 1. The number of amides is 1. The highest BCUT2D eigenvalue weighted by atomic mass is 16.6. The molecule has 0 saturated carbocycles. The van der Waals surface area contributed by atoms with Gasteiger partial charge in [0, 0.05) is 17.8 Å². The Labute approximate surface area is 167 Å². The van der Waals surface area contributed by atoms with Crippen molar-refractivity contribution in [3.63, 3.8) is 0 Å². The molecule has 2 aromatic carbocycles. The Bertz CT molecular complexity index is 1170. The number of anilines is 1. The Hall–Kier alpha value is -4.18. The fourth-order valence-electron chi connectivity index (χ4n) is 2.78. The number of nitrogens with zero attached hydrogens (tertiary/aromatic N) is 2. The highest BCUT2D eigenvalue weighted by Gasteiger charge is 2.18. The summed E-state index contributed by atoms with van der Waals surface area (Å²) in [6.45, 7) is 3.81. The molecule has 1 amide bonds. The molecule has 0 aliphatic heterocycles. The highest BCUT2D eigenvalue weighted by molar-refractivity contribution is 6.09. The fraction of sp³-hybridized carbons (Fsp3) is 0.0909. The summed E-state index contributed by atoms with van der Waals surface area (Å²) in [4.78, 5) is 23.2. The molecule has 144 valence electrons. The highest BCUT2D eigenvalue weighted by Crippen LogP contribution is 2.31. The molecular weight excluding hydrogens is 370 g/mol. The molecule has 0 bridgehead atoms. The van der Waals surface area contributed by atoms with E-state index in [0.29, 0.717) is 11.3 Å². The van der Waals surface area contributed by atoms with Crippen LogP contribution >= 0.6 is 0 Å². The standard InChI is InChI=1S/C22H17N3O4/c1-14-6-5-8-19(15(14)2)24-22(26)16(13-23)12-17-10-11-21(29-17)18-7-3-4-9-20(18)25(27)28/h3-12H,1-2H3,(H,24,26)/b16-12+. The molecule has 1 heterocycles. The van der Waals surface area contributed by atoms with Gasteiger partial charge in [0.15, 0.2) is 0 Å². The number of para-hydroxylation sites is 1. The molecule has 0 unspecified atom stereocenters. The van der Waals surface area contributed by atoms with Gasteiger partial charge in [0.05, 0.1) is 10.5 Å². The van der Waals surface area contributed by atoms with Gasteiger partial charge in [0.25, 0.3) is 11.6 Å². The van der Waals surface area contributed by atoms with Crippen LogP contribution in [0.3, 0.4) is 0 Å². The Kier molecular flexibility index (Phi) is 5.56. The molecule has 1 N–H and O–H groups in total. The van der Waals surface area contributed by atoms with Crippen molar-refractivity contribution in [2.45, 2.75) is 13.8 Å². The van der Waals surface area contributed by atoms with Crippen molar-refractivity contribution in [2.24, 2.45) is 0 Å². The van der Waals surface area contributed by atoms with Crippen LogP contribution in [0.4, 0.5) is 11.4 Å². The lowest BCUT2D eigenvalue weighted by Crippen LogP contribution is -2.14. The first-order valence-corrected chi connectivity index (χ1v) is 8.73. The number of nitro groups is 1. The first-order valence-electron chi connectivity index (χ1n) is 8.73. The van der Waals surface area contributed by atoms with Crippen LogP contribution in [0, 0.1) is 35.3 Å². The van der Waals surface area contributed by atoms with Crippen molar-refractivity contribution in [3.8, 4) is 17.4 Å². The Morgan fingerprint density at radius 3 is 2.62 bits per heavy atom. The van der Waals surface area contributed by atoms with Gasteiger partial charge in [-0.25, -0.2) is 0 Å². The minimum atomic E-state index is -0.565. The number of nitro benzene ring substituents is 1. The second kappa shape index (κ2) is 8.23. The van der Waals surface area contributed by atoms with E-state index >= 15 is 0 Å². The number of aryl methyl sites for hydroxylation is 1. The molecule has 7 heteroatoms. The Morgan fingerprint density at radius 1 is 1.14 bits per heavy atom. The summed E-state index contributed by atoms with van der Waals surface area (Å²) < 4.78 is 5.62. The average Bonchev–Trinajstić information content (AvgIpc) is 3.18. The maximum atomic E-state index is 12.5. The van der Waals surface area contributed by atoms with Crippen LogP contribution in [0.25, 0.3) is 17.4 Å². The summed E-state index contributed by atoms with van der Waals surface area (Å²) >= 11 is 0. The van der Waals surface area contributed by atoms with Crippen molar-refractivity contribution in [3.05, 3.63) is 87.2 Å². The molecule has 0 spiro atoms. The maximum absolute atomic E-state index is 12.5. The van der Waals surface area contributed by atoms with E-state index < -0.39 is 10.8 Å². The molecule has 0 saturated heterocycles. The largest absolute Gasteiger partial charge is 0.456 e. The summed E-state index contributed by atoms with van der Waals surface area (Å²) in [5.74, 6) is -0.0496. The summed E-state index contributed by atoms with van der Waals surface area (Å²) in [6, 6.07) is 16.7. The minimum absolute atomic E-state index is 0.0921. The first-order chi connectivity index (χ1) is 13.9. The molecule has 1 aromatic heterocycles. The minimum Gasteiger partial charge on any atom is -0.456 e. The van der Waals surface area contributed by atoms with Crippen molar-refractivity contribution < 1.29 is 14.1 Å². The second-order valence-electron chi connectivity index (χ2n) is 6.35. The molecule has 0 atom stereocenters. The number of nitrogens with one attached hydrogen (secondary N) is 1. The quantitative estimate of drug-likeness (QED) is 0.286. The molecular formula is C22H17N3O4. The van der Waals surface area contributed by atoms with E-state index in [1.807, 2.05) is 32.0 Å². The van der Waals surface area contributed by atoms with E-state index in [1.165, 1.54) is 12.1 Å². The molecule has 0 radical (unpaired) electrons. The van der Waals surface area contributed by atoms with E-state index in [9.17, 15) is 20.2 Å². The predicted octanol–water partition coefficient (Wildman–Crippen LogP) is 5.02. The molecule has 7 nitrogen and oxygen atoms in total. The summed E-state index contributed by atoms with van der Waals surface area (Å²) in [5.41, 5.74) is 2.63. The van der Waals surface area contributed by atoms with E-state index in [0.717, 1.165) is 11.1 Å². The number of benzene rings is 2. The van der Waals surface area contributed by atoms with Crippen molar-refractivity contribution in [1.29, 1.82) is 5.26 Å². The van der Waals surface area contributed by atoms with Gasteiger partial charge in [-0.05, 0) is 49.2 Å². The van der Waals surface area contributed by atoms with E-state index in [4.69, 9.17) is 4.42 Å². The lowest BCUT2D eigenvalue weighted by Gasteiger charge is -2.09. The summed E-state index contributed by atoms with van der Waals surface area (Å²) in [5, 5.41) is 23.3. The SMILES string of the molecule is Cc1cccc(NC(=O)/C(C#N)=C/c2ccc(-c3ccccc3[N+](=O)[O-])o2)c1C. The van der Waals surface area contributed by atoms with Gasteiger partial charge in [-0.2, -0.15) is 5.26 Å². The van der Waals surface area contributed by atoms with Crippen LogP contribution in [0.1, 0.15) is 16.9 Å². The lowest BCUT2D eigenvalue weighted by atomic mass is 10.1. The van der Waals surface area contributed by atoms with Crippen molar-refractivity contribution >= 4 is 23.4 Å². The smallest absolute Gasteiger partial charge is 0.280 e. The van der Waals surface area contributed by atoms with Crippen LogP contribution in [-0.4, -0.2) is 10.8 Å². The number of nitriles is 1. The molecule has 29 heavy (non-hydrogen) atoms. The second-order valence-corrected chi connectivity index (χ2v) is 6.35. The zero-order chi connectivity index (χ0) is 21.0. The third-order valence-corrected chi connectivity index (χ3v) is 4.50. The van der Waals surface area contributed by atoms with Crippen LogP contribution < -0.4 is 5.32 Å². The fourth-order valence-corrected chi connectivity index (χ4v) is 2.78. The number of furan rings is 1. The van der Waals surface area contributed by atoms with E-state index in [-0.39, 0.29) is 22.8 Å². The van der Waals surface area contributed by atoms with Gasteiger partial charge in [0.2, 0.25) is 0 Å². The van der Waals surface area contributed by atoms with Crippen LogP contribution in [0.5, 0.6) is 0 Å². The molecule has 3 aromatic rings. The average molecular weight is 387 g/mol. The maximum Gasteiger partial charge on any atom is 0.280 e. The summed E-state index contributed by atoms with van der Waals surface area (Å²) in [6.07, 6.45) is 1.30. The molecule has 0 aliphatic rings. The molecule has 0 fully saturated rings. The number of hydrogen-bond donors (Lipinski definition) is 1. The third-order valence-electron chi connectivity index (χ3n) is 4.50. The van der Waals surface area contributed by atoms with Crippen LogP contribution in [0.2, 0.25) is 0 Å². The molecule has 0 aliphatic carbocycles. The van der Waals surface area contributed by atoms with Gasteiger partial charge in [0.1, 0.15) is 23.2 Å². The van der Waals surface area contributed by atoms with Crippen LogP contribution in [-0.2, 0) is 4.79 Å². The summed E-state index contributed by atoms with van der Waals surface area (Å²) in [7, 11) is 0. The third kappa shape index (κ3) is 4.22. The lowest BCUT2D eigenvalue weighted by molar-refractivity contribution is -0.384. The number of carbonyl (C=O) groups is 1. The van der Waals surface area contributed by atoms with Gasteiger partial charge >= 0.3 is 0 Å². The first kappa shape index (κ1) is 19.6. The Morgan fingerprint density at radius 2 is 1.90 bits per heavy atom. The Balaban J connectivity index is 1.88. The van der Waals surface area contributed by atoms with Crippen LogP contribution in [0.15, 0.2) is 64.6 Å². The number of hydrogen-bond acceptors (Lipinski definition) is 5. The van der Waals surface area contributed by atoms with Gasteiger partial charge in [-0.15, -0.1) is 0 Å². The van der Waals surface area contributed by atoms with Gasteiger partial charge in [-0.3, -0.25) is 14.9 Å². The van der Waals surface area contributed by atoms with Crippen molar-refractivity contribution in [1.82, 2.24) is 0 Å². The predicted molar refractivity (Wildman–Crippen MR) is 109 cm³/mol.